The Kier molecular flexibility index (Phi) is 4.64. The van der Waals surface area contributed by atoms with Crippen LogP contribution in [0.5, 0.6) is 0 Å². The van der Waals surface area contributed by atoms with Gasteiger partial charge in [-0.2, -0.15) is 0 Å². The second-order valence-electron chi connectivity index (χ2n) is 3.84. The third-order valence-corrected chi connectivity index (χ3v) is 4.43. The van der Waals surface area contributed by atoms with E-state index in [4.69, 9.17) is 16.6 Å². The van der Waals surface area contributed by atoms with E-state index in [2.05, 4.69) is 0 Å². The van der Waals surface area contributed by atoms with Crippen LogP contribution in [0.25, 0.3) is 0 Å². The summed E-state index contributed by atoms with van der Waals surface area (Å²) in [6.07, 6.45) is 0. The minimum atomic E-state index is -3.19. The van der Waals surface area contributed by atoms with Crippen LogP contribution < -0.4 is 11.5 Å². The summed E-state index contributed by atoms with van der Waals surface area (Å²) in [5.41, 5.74) is 12.1. The van der Waals surface area contributed by atoms with Crippen LogP contribution in [0.2, 0.25) is 0 Å². The van der Waals surface area contributed by atoms with Crippen molar-refractivity contribution in [1.82, 2.24) is 0 Å². The van der Waals surface area contributed by atoms with E-state index in [1.54, 1.807) is 19.1 Å². The quantitative estimate of drug-likeness (QED) is 0.678. The fourth-order valence-electron chi connectivity index (χ4n) is 1.42. The predicted octanol–water partition coefficient (Wildman–Crippen LogP) is -0.200. The lowest BCUT2D eigenvalue weighted by molar-refractivity contribution is 0.250. The maximum absolute atomic E-state index is 11.6. The maximum Gasteiger partial charge on any atom is 0.178 e. The van der Waals surface area contributed by atoms with Gasteiger partial charge in [-0.05, 0) is 17.7 Å². The summed E-state index contributed by atoms with van der Waals surface area (Å²) in [5.74, 6) is 0.0640. The van der Waals surface area contributed by atoms with Gasteiger partial charge in [-0.25, -0.2) is 8.42 Å². The molecule has 0 heterocycles. The molecule has 5 N–H and O–H groups in total. The smallest absolute Gasteiger partial charge is 0.178 e. The molecule has 2 atom stereocenters. The van der Waals surface area contributed by atoms with Crippen LogP contribution in [0, 0.1) is 0 Å². The highest BCUT2D eigenvalue weighted by Crippen LogP contribution is 2.17. The molecule has 0 saturated carbocycles. The summed E-state index contributed by atoms with van der Waals surface area (Å²) in [5, 5.41) is 8.89. The Morgan fingerprint density at radius 2 is 1.76 bits per heavy atom. The highest BCUT2D eigenvalue weighted by Gasteiger charge is 2.16. The molecule has 96 valence electrons. The number of rotatable bonds is 5. The molecule has 0 fully saturated rings. The zero-order valence-electron chi connectivity index (χ0n) is 9.70. The molecule has 0 aliphatic rings. The summed E-state index contributed by atoms with van der Waals surface area (Å²) < 4.78 is 23.2. The molecule has 17 heavy (non-hydrogen) atoms. The first-order chi connectivity index (χ1) is 7.92. The van der Waals surface area contributed by atoms with Gasteiger partial charge in [0.25, 0.3) is 0 Å². The largest absolute Gasteiger partial charge is 0.395 e. The fraction of sp³-hybridized carbons (Fsp3) is 0.455. The summed E-state index contributed by atoms with van der Waals surface area (Å²) in [6.45, 7) is 1.38. The van der Waals surface area contributed by atoms with E-state index < -0.39 is 21.9 Å². The van der Waals surface area contributed by atoms with Crippen molar-refractivity contribution in [1.29, 1.82) is 0 Å². The molecule has 0 spiro atoms. The van der Waals surface area contributed by atoms with E-state index in [1.807, 2.05) is 0 Å². The first-order valence-electron chi connectivity index (χ1n) is 5.37. The zero-order valence-corrected chi connectivity index (χ0v) is 10.5. The number of benzene rings is 1. The van der Waals surface area contributed by atoms with Crippen molar-refractivity contribution in [2.45, 2.75) is 23.9 Å². The second kappa shape index (κ2) is 5.59. The average Bonchev–Trinajstić information content (AvgIpc) is 2.37. The Morgan fingerprint density at radius 1 is 1.24 bits per heavy atom. The van der Waals surface area contributed by atoms with Crippen LogP contribution in [0.3, 0.4) is 0 Å². The summed E-state index contributed by atoms with van der Waals surface area (Å²) in [7, 11) is -3.19. The molecule has 0 aliphatic carbocycles. The second-order valence-corrected chi connectivity index (χ2v) is 6.12. The normalized spacial score (nSPS) is 15.5. The maximum atomic E-state index is 11.6. The lowest BCUT2D eigenvalue weighted by Crippen LogP contribution is -2.37. The molecule has 1 aromatic rings. The lowest BCUT2D eigenvalue weighted by Gasteiger charge is -2.18. The van der Waals surface area contributed by atoms with Crippen molar-refractivity contribution in [3.8, 4) is 0 Å². The van der Waals surface area contributed by atoms with Gasteiger partial charge in [-0.3, -0.25) is 0 Å². The van der Waals surface area contributed by atoms with Gasteiger partial charge in [0.2, 0.25) is 0 Å². The molecule has 6 heteroatoms. The molecular formula is C11H18N2O3S. The summed E-state index contributed by atoms with van der Waals surface area (Å²) >= 11 is 0. The van der Waals surface area contributed by atoms with Crippen molar-refractivity contribution >= 4 is 9.84 Å². The topological polar surface area (TPSA) is 106 Å². The van der Waals surface area contributed by atoms with Crippen molar-refractivity contribution in [3.63, 3.8) is 0 Å². The van der Waals surface area contributed by atoms with E-state index >= 15 is 0 Å². The van der Waals surface area contributed by atoms with Gasteiger partial charge in [-0.1, -0.05) is 19.1 Å². The molecule has 0 aliphatic heterocycles. The zero-order chi connectivity index (χ0) is 13.1. The van der Waals surface area contributed by atoms with Gasteiger partial charge >= 0.3 is 0 Å². The van der Waals surface area contributed by atoms with E-state index in [9.17, 15) is 8.42 Å². The summed E-state index contributed by atoms with van der Waals surface area (Å²) in [4.78, 5) is 0.272. The highest BCUT2D eigenvalue weighted by molar-refractivity contribution is 7.91. The molecule has 0 radical (unpaired) electrons. The van der Waals surface area contributed by atoms with E-state index in [0.717, 1.165) is 0 Å². The van der Waals surface area contributed by atoms with Crippen molar-refractivity contribution < 1.29 is 13.5 Å². The van der Waals surface area contributed by atoms with Gasteiger partial charge < -0.3 is 16.6 Å². The molecule has 2 unspecified atom stereocenters. The van der Waals surface area contributed by atoms with Crippen LogP contribution in [0.4, 0.5) is 0 Å². The van der Waals surface area contributed by atoms with Crippen LogP contribution in [0.1, 0.15) is 18.5 Å². The minimum absolute atomic E-state index is 0.0640. The van der Waals surface area contributed by atoms with Crippen molar-refractivity contribution in [3.05, 3.63) is 29.8 Å². The van der Waals surface area contributed by atoms with E-state index in [0.29, 0.717) is 5.56 Å². The average molecular weight is 258 g/mol. The molecule has 0 aromatic heterocycles. The number of hydrogen-bond acceptors (Lipinski definition) is 5. The van der Waals surface area contributed by atoms with Gasteiger partial charge in [0.15, 0.2) is 9.84 Å². The predicted molar refractivity (Wildman–Crippen MR) is 66.2 cm³/mol. The molecule has 0 bridgehead atoms. The van der Waals surface area contributed by atoms with Gasteiger partial charge in [0.05, 0.1) is 17.3 Å². The van der Waals surface area contributed by atoms with Crippen LogP contribution in [-0.4, -0.2) is 31.9 Å². The van der Waals surface area contributed by atoms with E-state index in [-0.39, 0.29) is 17.3 Å². The molecule has 0 amide bonds. The number of sulfone groups is 1. The Labute approximate surface area is 101 Å². The Morgan fingerprint density at radius 3 is 2.18 bits per heavy atom. The third-order valence-electron chi connectivity index (χ3n) is 2.68. The Hall–Kier alpha value is -0.950. The minimum Gasteiger partial charge on any atom is -0.395 e. The number of aliphatic hydroxyl groups excluding tert-OH is 1. The van der Waals surface area contributed by atoms with E-state index in [1.165, 1.54) is 12.1 Å². The van der Waals surface area contributed by atoms with Crippen LogP contribution in [-0.2, 0) is 9.84 Å². The first kappa shape index (κ1) is 14.1. The molecule has 0 saturated heterocycles. The molecule has 1 aromatic carbocycles. The first-order valence-corrected chi connectivity index (χ1v) is 7.02. The number of hydrogen-bond donors (Lipinski definition) is 3. The number of aliphatic hydroxyl groups is 1. The standard InChI is InChI=1S/C11H18N2O3S/c1-2-17(15,16)9-5-3-8(4-6-9)11(13)10(12)7-14/h3-6,10-11,14H,2,7,12-13H2,1H3. The molecule has 1 rings (SSSR count). The van der Waals surface area contributed by atoms with Crippen molar-refractivity contribution in [2.75, 3.05) is 12.4 Å². The van der Waals surface area contributed by atoms with Gasteiger partial charge in [0.1, 0.15) is 0 Å². The van der Waals surface area contributed by atoms with Crippen LogP contribution in [0.15, 0.2) is 29.2 Å². The SMILES string of the molecule is CCS(=O)(=O)c1ccc(C(N)C(N)CO)cc1. The molecule has 5 nitrogen and oxygen atoms in total. The van der Waals surface area contributed by atoms with Gasteiger partial charge in [0, 0.05) is 12.1 Å². The fourth-order valence-corrected chi connectivity index (χ4v) is 2.31. The monoisotopic (exact) mass is 258 g/mol. The third kappa shape index (κ3) is 3.26. The Balaban J connectivity index is 2.96. The van der Waals surface area contributed by atoms with Crippen molar-refractivity contribution in [2.24, 2.45) is 11.5 Å². The lowest BCUT2D eigenvalue weighted by atomic mass is 10.0. The Bertz CT molecular complexity index is 456. The number of nitrogens with two attached hydrogens (primary N) is 2. The highest BCUT2D eigenvalue weighted by atomic mass is 32.2. The van der Waals surface area contributed by atoms with Crippen LogP contribution >= 0.6 is 0 Å². The van der Waals surface area contributed by atoms with Gasteiger partial charge in [-0.15, -0.1) is 0 Å². The summed E-state index contributed by atoms with van der Waals surface area (Å²) in [6, 6.07) is 5.23. The molecular weight excluding hydrogens is 240 g/mol.